The number of aromatic nitrogens is 2. The number of rotatable bonds is 3. The third-order valence-electron chi connectivity index (χ3n) is 4.91. The van der Waals surface area contributed by atoms with Gasteiger partial charge in [0.15, 0.2) is 11.5 Å². The van der Waals surface area contributed by atoms with Gasteiger partial charge in [-0.1, -0.05) is 6.07 Å². The fourth-order valence-corrected chi connectivity index (χ4v) is 3.45. The number of amides is 2. The van der Waals surface area contributed by atoms with Crippen molar-refractivity contribution in [2.45, 2.75) is 13.3 Å². The molecule has 1 aromatic carbocycles. The molecular formula is C20H22N4O3. The first-order valence-corrected chi connectivity index (χ1v) is 9.05. The summed E-state index contributed by atoms with van der Waals surface area (Å²) in [5, 5.41) is 0. The second-order valence-electron chi connectivity index (χ2n) is 6.95. The van der Waals surface area contributed by atoms with Crippen LogP contribution in [0.15, 0.2) is 41.1 Å². The van der Waals surface area contributed by atoms with E-state index in [1.54, 1.807) is 6.92 Å². The number of aryl methyl sites for hydroxylation is 2. The Morgan fingerprint density at radius 3 is 2.56 bits per heavy atom. The van der Waals surface area contributed by atoms with E-state index in [0.29, 0.717) is 49.6 Å². The van der Waals surface area contributed by atoms with Crippen LogP contribution in [0.25, 0.3) is 11.1 Å². The van der Waals surface area contributed by atoms with E-state index in [0.717, 1.165) is 11.1 Å². The highest BCUT2D eigenvalue weighted by molar-refractivity contribution is 5.94. The highest BCUT2D eigenvalue weighted by atomic mass is 16.3. The standard InChI is InChI=1S/C20H22N4O3/c1-14-21-17-4-3-15(11-18(17)27-14)12-19(25)23-7-9-24(10-8-23)20(26)16-5-6-22(2)13-16/h3-6,11,13H,7-10,12H2,1-2H3. The summed E-state index contributed by atoms with van der Waals surface area (Å²) in [6.07, 6.45) is 4.00. The molecule has 0 bridgehead atoms. The van der Waals surface area contributed by atoms with Crippen molar-refractivity contribution >= 4 is 22.9 Å². The molecule has 27 heavy (non-hydrogen) atoms. The predicted molar refractivity (Wildman–Crippen MR) is 100 cm³/mol. The quantitative estimate of drug-likeness (QED) is 0.711. The maximum Gasteiger partial charge on any atom is 0.255 e. The van der Waals surface area contributed by atoms with Crippen molar-refractivity contribution in [1.82, 2.24) is 19.4 Å². The van der Waals surface area contributed by atoms with Crippen LogP contribution in [0.1, 0.15) is 21.8 Å². The van der Waals surface area contributed by atoms with Crippen LogP contribution in [0, 0.1) is 6.92 Å². The molecule has 2 amide bonds. The molecule has 0 radical (unpaired) electrons. The molecule has 3 aromatic rings. The van der Waals surface area contributed by atoms with Crippen LogP contribution in [0.2, 0.25) is 0 Å². The minimum absolute atomic E-state index is 0.0221. The number of hydrogen-bond acceptors (Lipinski definition) is 4. The largest absolute Gasteiger partial charge is 0.441 e. The molecule has 7 nitrogen and oxygen atoms in total. The highest BCUT2D eigenvalue weighted by Crippen LogP contribution is 2.18. The van der Waals surface area contributed by atoms with E-state index in [1.165, 1.54) is 0 Å². The Labute approximate surface area is 157 Å². The molecule has 0 atom stereocenters. The number of benzene rings is 1. The molecule has 1 fully saturated rings. The smallest absolute Gasteiger partial charge is 0.255 e. The van der Waals surface area contributed by atoms with Gasteiger partial charge in [-0.2, -0.15) is 0 Å². The van der Waals surface area contributed by atoms with Gasteiger partial charge in [-0.05, 0) is 23.8 Å². The third-order valence-corrected chi connectivity index (χ3v) is 4.91. The van der Waals surface area contributed by atoms with Crippen molar-refractivity contribution in [3.05, 3.63) is 53.7 Å². The zero-order valence-corrected chi connectivity index (χ0v) is 15.5. The van der Waals surface area contributed by atoms with Gasteiger partial charge in [0.2, 0.25) is 5.91 Å². The lowest BCUT2D eigenvalue weighted by atomic mass is 10.1. The minimum Gasteiger partial charge on any atom is -0.441 e. The van der Waals surface area contributed by atoms with Gasteiger partial charge < -0.3 is 18.8 Å². The van der Waals surface area contributed by atoms with E-state index >= 15 is 0 Å². The van der Waals surface area contributed by atoms with E-state index in [-0.39, 0.29) is 11.8 Å². The van der Waals surface area contributed by atoms with Crippen LogP contribution >= 0.6 is 0 Å². The summed E-state index contributed by atoms with van der Waals surface area (Å²) in [6, 6.07) is 7.49. The summed E-state index contributed by atoms with van der Waals surface area (Å²) in [4.78, 5) is 33.0. The van der Waals surface area contributed by atoms with Crippen LogP contribution in [0.5, 0.6) is 0 Å². The van der Waals surface area contributed by atoms with Gasteiger partial charge in [-0.3, -0.25) is 9.59 Å². The first-order valence-electron chi connectivity index (χ1n) is 9.05. The Bertz CT molecular complexity index is 996. The highest BCUT2D eigenvalue weighted by Gasteiger charge is 2.25. The van der Waals surface area contributed by atoms with Crippen LogP contribution in [-0.4, -0.2) is 57.3 Å². The van der Waals surface area contributed by atoms with Gasteiger partial charge in [-0.25, -0.2) is 4.98 Å². The minimum atomic E-state index is 0.0221. The van der Waals surface area contributed by atoms with Crippen molar-refractivity contribution in [1.29, 1.82) is 0 Å². The molecule has 0 saturated carbocycles. The summed E-state index contributed by atoms with van der Waals surface area (Å²) in [7, 11) is 1.89. The Hall–Kier alpha value is -3.09. The Balaban J connectivity index is 1.35. The zero-order valence-electron chi connectivity index (χ0n) is 15.5. The van der Waals surface area contributed by atoms with Gasteiger partial charge in [0.1, 0.15) is 5.52 Å². The van der Waals surface area contributed by atoms with Gasteiger partial charge >= 0.3 is 0 Å². The zero-order chi connectivity index (χ0) is 19.0. The Kier molecular flexibility index (Phi) is 4.43. The molecule has 3 heterocycles. The molecule has 4 rings (SSSR count). The van der Waals surface area contributed by atoms with Crippen LogP contribution in [0.3, 0.4) is 0 Å². The molecule has 0 unspecified atom stereocenters. The van der Waals surface area contributed by atoms with Gasteiger partial charge in [0, 0.05) is 52.5 Å². The number of piperazine rings is 1. The first kappa shape index (κ1) is 17.3. The van der Waals surface area contributed by atoms with E-state index in [4.69, 9.17) is 4.42 Å². The Morgan fingerprint density at radius 2 is 1.85 bits per heavy atom. The van der Waals surface area contributed by atoms with Crippen LogP contribution in [0.4, 0.5) is 0 Å². The van der Waals surface area contributed by atoms with E-state index < -0.39 is 0 Å². The fourth-order valence-electron chi connectivity index (χ4n) is 3.45. The van der Waals surface area contributed by atoms with Crippen molar-refractivity contribution in [3.63, 3.8) is 0 Å². The molecule has 1 aliphatic heterocycles. The maximum absolute atomic E-state index is 12.6. The van der Waals surface area contributed by atoms with Crippen molar-refractivity contribution in [3.8, 4) is 0 Å². The van der Waals surface area contributed by atoms with Crippen molar-refractivity contribution < 1.29 is 14.0 Å². The fraction of sp³-hybridized carbons (Fsp3) is 0.350. The molecular weight excluding hydrogens is 344 g/mol. The lowest BCUT2D eigenvalue weighted by molar-refractivity contribution is -0.131. The number of nitrogens with zero attached hydrogens (tertiary/aromatic N) is 4. The molecule has 0 spiro atoms. The summed E-state index contributed by atoms with van der Waals surface area (Å²) < 4.78 is 7.40. The van der Waals surface area contributed by atoms with Crippen LogP contribution in [-0.2, 0) is 18.3 Å². The predicted octanol–water partition coefficient (Wildman–Crippen LogP) is 2.00. The summed E-state index contributed by atoms with van der Waals surface area (Å²) >= 11 is 0. The molecule has 7 heteroatoms. The topological polar surface area (TPSA) is 71.6 Å². The SMILES string of the molecule is Cc1nc2ccc(CC(=O)N3CCN(C(=O)c4ccn(C)c4)CC3)cc2o1. The number of hydrogen-bond donors (Lipinski definition) is 0. The van der Waals surface area contributed by atoms with Gasteiger partial charge in [0.05, 0.1) is 12.0 Å². The van der Waals surface area contributed by atoms with Gasteiger partial charge in [-0.15, -0.1) is 0 Å². The average Bonchev–Trinajstić information content (AvgIpc) is 3.25. The molecule has 140 valence electrons. The van der Waals surface area contributed by atoms with E-state index in [1.807, 2.05) is 58.1 Å². The summed E-state index contributed by atoms with van der Waals surface area (Å²) in [6.45, 7) is 4.03. The third kappa shape index (κ3) is 3.58. The van der Waals surface area contributed by atoms with E-state index in [2.05, 4.69) is 4.98 Å². The molecule has 1 saturated heterocycles. The maximum atomic E-state index is 12.6. The number of carbonyl (C=O) groups is 2. The van der Waals surface area contributed by atoms with Gasteiger partial charge in [0.25, 0.3) is 5.91 Å². The van der Waals surface area contributed by atoms with Crippen molar-refractivity contribution in [2.75, 3.05) is 26.2 Å². The monoisotopic (exact) mass is 366 g/mol. The second kappa shape index (κ2) is 6.90. The van der Waals surface area contributed by atoms with Crippen molar-refractivity contribution in [2.24, 2.45) is 7.05 Å². The number of oxazole rings is 1. The number of fused-ring (bicyclic) bond motifs is 1. The summed E-state index contributed by atoms with van der Waals surface area (Å²) in [5.74, 6) is 0.707. The molecule has 0 aliphatic carbocycles. The molecule has 0 N–H and O–H groups in total. The lowest BCUT2D eigenvalue weighted by Gasteiger charge is -2.34. The molecule has 2 aromatic heterocycles. The second-order valence-corrected chi connectivity index (χ2v) is 6.95. The summed E-state index contributed by atoms with van der Waals surface area (Å²) in [5.41, 5.74) is 3.10. The lowest BCUT2D eigenvalue weighted by Crippen LogP contribution is -2.50. The molecule has 1 aliphatic rings. The first-order chi connectivity index (χ1) is 13.0. The van der Waals surface area contributed by atoms with E-state index in [9.17, 15) is 9.59 Å². The van der Waals surface area contributed by atoms with Crippen LogP contribution < -0.4 is 0 Å². The Morgan fingerprint density at radius 1 is 1.11 bits per heavy atom. The average molecular weight is 366 g/mol. The number of carbonyl (C=O) groups excluding carboxylic acids is 2. The normalized spacial score (nSPS) is 14.7.